The predicted octanol–water partition coefficient (Wildman–Crippen LogP) is 4.60. The van der Waals surface area contributed by atoms with Gasteiger partial charge in [-0.1, -0.05) is 18.5 Å². The fourth-order valence-electron chi connectivity index (χ4n) is 1.50. The van der Waals surface area contributed by atoms with Gasteiger partial charge >= 0.3 is 0 Å². The molecular formula is C13H13BrClFN4. The molecule has 0 amide bonds. The summed E-state index contributed by atoms with van der Waals surface area (Å²) in [4.78, 5) is 8.49. The first kappa shape index (κ1) is 15.0. The van der Waals surface area contributed by atoms with E-state index < -0.39 is 5.82 Å². The number of hydrogen-bond acceptors (Lipinski definition) is 4. The maximum absolute atomic E-state index is 13.1. The Bertz CT molecular complexity index is 609. The summed E-state index contributed by atoms with van der Waals surface area (Å²) < 4.78 is 13.9. The molecule has 0 aliphatic heterocycles. The Morgan fingerprint density at radius 1 is 1.40 bits per heavy atom. The number of anilines is 3. The largest absolute Gasteiger partial charge is 0.369 e. The third-order valence-electron chi connectivity index (χ3n) is 2.46. The highest BCUT2D eigenvalue weighted by molar-refractivity contribution is 9.10. The van der Waals surface area contributed by atoms with Crippen molar-refractivity contribution >= 4 is 45.0 Å². The summed E-state index contributed by atoms with van der Waals surface area (Å²) in [6.07, 6.45) is 2.64. The fourth-order valence-corrected chi connectivity index (χ4v) is 2.01. The molecule has 7 heteroatoms. The van der Waals surface area contributed by atoms with Crippen molar-refractivity contribution < 1.29 is 4.39 Å². The van der Waals surface area contributed by atoms with E-state index >= 15 is 0 Å². The zero-order chi connectivity index (χ0) is 14.5. The molecule has 1 aromatic carbocycles. The van der Waals surface area contributed by atoms with E-state index in [1.165, 1.54) is 12.1 Å². The van der Waals surface area contributed by atoms with Crippen LogP contribution in [0.5, 0.6) is 0 Å². The second-order valence-corrected chi connectivity index (χ2v) is 5.33. The Morgan fingerprint density at radius 3 is 2.90 bits per heavy atom. The highest BCUT2D eigenvalue weighted by Gasteiger charge is 2.06. The van der Waals surface area contributed by atoms with Crippen molar-refractivity contribution in [1.29, 1.82) is 0 Å². The number of rotatable bonds is 5. The van der Waals surface area contributed by atoms with Crippen molar-refractivity contribution in [2.24, 2.45) is 0 Å². The summed E-state index contributed by atoms with van der Waals surface area (Å²) in [5.74, 6) is 0.659. The summed E-state index contributed by atoms with van der Waals surface area (Å²) in [7, 11) is 0. The van der Waals surface area contributed by atoms with Crippen LogP contribution in [-0.4, -0.2) is 16.5 Å². The summed E-state index contributed by atoms with van der Waals surface area (Å²) in [5, 5.41) is 6.22. The Morgan fingerprint density at radius 2 is 2.20 bits per heavy atom. The molecule has 0 spiro atoms. The molecule has 0 aliphatic rings. The summed E-state index contributed by atoms with van der Waals surface area (Å²) >= 11 is 9.11. The minimum Gasteiger partial charge on any atom is -0.369 e. The minimum absolute atomic E-state index is 0.0523. The molecule has 0 aliphatic carbocycles. The van der Waals surface area contributed by atoms with Crippen molar-refractivity contribution in [2.75, 3.05) is 17.2 Å². The summed E-state index contributed by atoms with van der Waals surface area (Å²) in [6, 6.07) is 4.35. The van der Waals surface area contributed by atoms with Crippen LogP contribution in [0.4, 0.5) is 21.8 Å². The van der Waals surface area contributed by atoms with E-state index in [0.29, 0.717) is 17.5 Å². The Balaban J connectivity index is 2.18. The second kappa shape index (κ2) is 6.85. The normalized spacial score (nSPS) is 10.4. The molecule has 2 aromatic rings. The van der Waals surface area contributed by atoms with Gasteiger partial charge in [0.05, 0.1) is 9.50 Å². The first-order chi connectivity index (χ1) is 9.60. The standard InChI is InChI=1S/C13H13BrClFN4/c1-2-5-17-12-9(14)7-18-13(20-12)19-8-3-4-11(16)10(15)6-8/h3-4,6-7H,2,5H2,1H3,(H2,17,18,19,20). The number of halogens is 3. The molecule has 2 rings (SSSR count). The molecule has 0 saturated carbocycles. The van der Waals surface area contributed by atoms with Gasteiger partial charge in [0.1, 0.15) is 11.6 Å². The van der Waals surface area contributed by atoms with Crippen LogP contribution in [-0.2, 0) is 0 Å². The van der Waals surface area contributed by atoms with Crippen molar-refractivity contribution in [1.82, 2.24) is 9.97 Å². The summed E-state index contributed by atoms with van der Waals surface area (Å²) in [6.45, 7) is 2.89. The molecule has 106 valence electrons. The fraction of sp³-hybridized carbons (Fsp3) is 0.231. The molecule has 0 atom stereocenters. The van der Waals surface area contributed by atoms with E-state index in [0.717, 1.165) is 17.4 Å². The molecule has 20 heavy (non-hydrogen) atoms. The van der Waals surface area contributed by atoms with Gasteiger partial charge in [0.25, 0.3) is 0 Å². The van der Waals surface area contributed by atoms with Crippen LogP contribution in [0.25, 0.3) is 0 Å². The van der Waals surface area contributed by atoms with E-state index in [-0.39, 0.29) is 5.02 Å². The van der Waals surface area contributed by atoms with Gasteiger partial charge in [-0.05, 0) is 40.5 Å². The van der Waals surface area contributed by atoms with E-state index in [4.69, 9.17) is 11.6 Å². The van der Waals surface area contributed by atoms with E-state index in [1.54, 1.807) is 12.3 Å². The molecule has 2 N–H and O–H groups in total. The lowest BCUT2D eigenvalue weighted by Gasteiger charge is -2.09. The molecular weight excluding hydrogens is 347 g/mol. The SMILES string of the molecule is CCCNc1nc(Nc2ccc(F)c(Cl)c2)ncc1Br. The lowest BCUT2D eigenvalue weighted by Crippen LogP contribution is -2.05. The molecule has 1 aromatic heterocycles. The van der Waals surface area contributed by atoms with Gasteiger partial charge in [-0.25, -0.2) is 9.37 Å². The zero-order valence-corrected chi connectivity index (χ0v) is 13.1. The van der Waals surface area contributed by atoms with E-state index in [1.807, 2.05) is 0 Å². The van der Waals surface area contributed by atoms with Gasteiger partial charge in [0.2, 0.25) is 5.95 Å². The zero-order valence-electron chi connectivity index (χ0n) is 10.8. The minimum atomic E-state index is -0.459. The number of benzene rings is 1. The molecule has 0 radical (unpaired) electrons. The molecule has 1 heterocycles. The first-order valence-electron chi connectivity index (χ1n) is 6.08. The lowest BCUT2D eigenvalue weighted by atomic mass is 10.3. The molecule has 0 bridgehead atoms. The van der Waals surface area contributed by atoms with Gasteiger partial charge in [0.15, 0.2) is 0 Å². The highest BCUT2D eigenvalue weighted by Crippen LogP contribution is 2.24. The first-order valence-corrected chi connectivity index (χ1v) is 7.25. The lowest BCUT2D eigenvalue weighted by molar-refractivity contribution is 0.628. The van der Waals surface area contributed by atoms with Gasteiger partial charge in [0, 0.05) is 18.4 Å². The van der Waals surface area contributed by atoms with Crippen molar-refractivity contribution in [3.63, 3.8) is 0 Å². The molecule has 0 unspecified atom stereocenters. The molecule has 4 nitrogen and oxygen atoms in total. The van der Waals surface area contributed by atoms with Crippen molar-refractivity contribution in [3.05, 3.63) is 39.7 Å². The Kier molecular flexibility index (Phi) is 5.14. The monoisotopic (exact) mass is 358 g/mol. The Labute approximate surface area is 129 Å². The average molecular weight is 360 g/mol. The number of nitrogens with one attached hydrogen (secondary N) is 2. The predicted molar refractivity (Wildman–Crippen MR) is 83.2 cm³/mol. The number of aromatic nitrogens is 2. The summed E-state index contributed by atoms with van der Waals surface area (Å²) in [5.41, 5.74) is 0.625. The van der Waals surface area contributed by atoms with Crippen LogP contribution in [0.1, 0.15) is 13.3 Å². The third kappa shape index (κ3) is 3.80. The maximum Gasteiger partial charge on any atom is 0.229 e. The van der Waals surface area contributed by atoms with Crippen LogP contribution in [0.15, 0.2) is 28.9 Å². The third-order valence-corrected chi connectivity index (χ3v) is 3.33. The smallest absolute Gasteiger partial charge is 0.229 e. The van der Waals surface area contributed by atoms with Gasteiger partial charge in [-0.3, -0.25) is 0 Å². The van der Waals surface area contributed by atoms with Crippen LogP contribution in [0, 0.1) is 5.82 Å². The van der Waals surface area contributed by atoms with E-state index in [2.05, 4.69) is 43.5 Å². The topological polar surface area (TPSA) is 49.8 Å². The molecule has 0 saturated heterocycles. The number of hydrogen-bond donors (Lipinski definition) is 2. The average Bonchev–Trinajstić information content (AvgIpc) is 2.43. The van der Waals surface area contributed by atoms with Gasteiger partial charge < -0.3 is 10.6 Å². The van der Waals surface area contributed by atoms with Crippen LogP contribution in [0.2, 0.25) is 5.02 Å². The second-order valence-electron chi connectivity index (χ2n) is 4.07. The Hall–Kier alpha value is -1.40. The van der Waals surface area contributed by atoms with Crippen molar-refractivity contribution in [2.45, 2.75) is 13.3 Å². The quantitative estimate of drug-likeness (QED) is 0.819. The van der Waals surface area contributed by atoms with Crippen molar-refractivity contribution in [3.8, 4) is 0 Å². The molecule has 0 fully saturated rings. The van der Waals surface area contributed by atoms with Gasteiger partial charge in [-0.15, -0.1) is 0 Å². The van der Waals surface area contributed by atoms with E-state index in [9.17, 15) is 4.39 Å². The number of nitrogens with zero attached hydrogens (tertiary/aromatic N) is 2. The van der Waals surface area contributed by atoms with Crippen LogP contribution < -0.4 is 10.6 Å². The van der Waals surface area contributed by atoms with Crippen LogP contribution >= 0.6 is 27.5 Å². The van der Waals surface area contributed by atoms with Crippen LogP contribution in [0.3, 0.4) is 0 Å². The highest BCUT2D eigenvalue weighted by atomic mass is 79.9. The maximum atomic E-state index is 13.1. The van der Waals surface area contributed by atoms with Gasteiger partial charge in [-0.2, -0.15) is 4.98 Å².